The van der Waals surface area contributed by atoms with Crippen molar-refractivity contribution >= 4 is 11.8 Å². The Labute approximate surface area is 176 Å². The Morgan fingerprint density at radius 3 is 2.73 bits per heavy atom. The third-order valence-corrected chi connectivity index (χ3v) is 4.88. The topological polar surface area (TPSA) is 61.8 Å². The van der Waals surface area contributed by atoms with Crippen molar-refractivity contribution in [3.05, 3.63) is 53.2 Å². The molecule has 3 rings (SSSR count). The van der Waals surface area contributed by atoms with Gasteiger partial charge < -0.3 is 20.3 Å². The van der Waals surface area contributed by atoms with Crippen molar-refractivity contribution in [1.82, 2.24) is 15.6 Å². The molecule has 0 amide bonds. The molecule has 0 saturated carbocycles. The van der Waals surface area contributed by atoms with E-state index in [0.717, 1.165) is 30.0 Å². The lowest BCUT2D eigenvalue weighted by atomic mass is 10.1. The number of pyridine rings is 1. The first-order valence-corrected chi connectivity index (χ1v) is 10.3. The predicted molar refractivity (Wildman–Crippen MR) is 115 cm³/mol. The molecule has 30 heavy (non-hydrogen) atoms. The summed E-state index contributed by atoms with van der Waals surface area (Å²) in [5.41, 5.74) is 2.70. The van der Waals surface area contributed by atoms with Crippen molar-refractivity contribution in [2.75, 3.05) is 24.5 Å². The molecule has 2 N–H and O–H groups in total. The summed E-state index contributed by atoms with van der Waals surface area (Å²) in [5.74, 6) is 1.77. The normalized spacial score (nSPS) is 14.3. The smallest absolute Gasteiger partial charge is 0.387 e. The molecule has 0 spiro atoms. The van der Waals surface area contributed by atoms with E-state index in [1.54, 1.807) is 12.1 Å². The van der Waals surface area contributed by atoms with Gasteiger partial charge in [-0.25, -0.2) is 9.98 Å². The zero-order valence-electron chi connectivity index (χ0n) is 17.5. The molecular formula is C22H29F2N5O. The van der Waals surface area contributed by atoms with E-state index in [4.69, 9.17) is 0 Å². The van der Waals surface area contributed by atoms with Gasteiger partial charge in [-0.2, -0.15) is 8.78 Å². The number of aliphatic imine (C=N–C) groups is 1. The molecule has 2 heterocycles. The summed E-state index contributed by atoms with van der Waals surface area (Å²) < 4.78 is 30.0. The number of ether oxygens (including phenoxy) is 1. The lowest BCUT2D eigenvalue weighted by molar-refractivity contribution is -0.0504. The number of hydrogen-bond acceptors (Lipinski definition) is 4. The van der Waals surface area contributed by atoms with E-state index in [1.165, 1.54) is 12.8 Å². The highest BCUT2D eigenvalue weighted by Gasteiger charge is 2.14. The number of anilines is 1. The number of guanidine groups is 1. The summed E-state index contributed by atoms with van der Waals surface area (Å²) in [5, 5.41) is 6.40. The summed E-state index contributed by atoms with van der Waals surface area (Å²) in [6.45, 7) is 4.63. The summed E-state index contributed by atoms with van der Waals surface area (Å²) in [6.07, 6.45) is 4.23. The molecule has 1 fully saturated rings. The molecule has 1 aliphatic heterocycles. The van der Waals surface area contributed by atoms with E-state index in [9.17, 15) is 8.78 Å². The standard InChI is InChI=1S/C22H29F2N5O/c1-3-25-22(28-15-18-12-16(2)6-7-19(18)30-21(23)24)27-14-17-8-9-26-20(13-17)29-10-4-5-11-29/h6-9,12-13,21H,3-5,10-11,14-15H2,1-2H3,(H2,25,27,28). The van der Waals surface area contributed by atoms with Gasteiger partial charge in [0.25, 0.3) is 0 Å². The van der Waals surface area contributed by atoms with Crippen molar-refractivity contribution in [2.24, 2.45) is 4.99 Å². The highest BCUT2D eigenvalue weighted by Crippen LogP contribution is 2.22. The van der Waals surface area contributed by atoms with Gasteiger partial charge in [-0.15, -0.1) is 0 Å². The van der Waals surface area contributed by atoms with E-state index in [2.05, 4.69) is 36.3 Å². The van der Waals surface area contributed by atoms with Gasteiger partial charge in [0.15, 0.2) is 5.96 Å². The van der Waals surface area contributed by atoms with Crippen molar-refractivity contribution in [1.29, 1.82) is 0 Å². The van der Waals surface area contributed by atoms with Gasteiger partial charge in [0, 0.05) is 37.9 Å². The van der Waals surface area contributed by atoms with Crippen LogP contribution in [-0.4, -0.2) is 37.2 Å². The molecule has 6 nitrogen and oxygen atoms in total. The van der Waals surface area contributed by atoms with Crippen molar-refractivity contribution in [3.63, 3.8) is 0 Å². The largest absolute Gasteiger partial charge is 0.434 e. The van der Waals surface area contributed by atoms with Gasteiger partial charge in [-0.1, -0.05) is 17.7 Å². The molecule has 0 aliphatic carbocycles. The summed E-state index contributed by atoms with van der Waals surface area (Å²) in [4.78, 5) is 11.4. The molecule has 8 heteroatoms. The average molecular weight is 418 g/mol. The zero-order valence-corrected chi connectivity index (χ0v) is 17.5. The highest BCUT2D eigenvalue weighted by atomic mass is 19.3. The molecule has 0 radical (unpaired) electrons. The van der Waals surface area contributed by atoms with E-state index in [1.807, 2.05) is 32.2 Å². The molecule has 0 unspecified atom stereocenters. The number of rotatable bonds is 8. The molecule has 1 saturated heterocycles. The Kier molecular flexibility index (Phi) is 7.82. The van der Waals surface area contributed by atoms with Crippen LogP contribution in [0.1, 0.15) is 36.5 Å². The molecule has 1 aromatic heterocycles. The van der Waals surface area contributed by atoms with E-state index in [0.29, 0.717) is 31.2 Å². The van der Waals surface area contributed by atoms with Crippen LogP contribution < -0.4 is 20.3 Å². The third kappa shape index (κ3) is 6.30. The first kappa shape index (κ1) is 21.8. The Bertz CT molecular complexity index is 853. The zero-order chi connectivity index (χ0) is 21.3. The first-order valence-electron chi connectivity index (χ1n) is 10.3. The molecule has 0 bridgehead atoms. The van der Waals surface area contributed by atoms with Crippen LogP contribution in [0, 0.1) is 6.92 Å². The molecule has 2 aromatic rings. The van der Waals surface area contributed by atoms with Crippen LogP contribution in [0.3, 0.4) is 0 Å². The average Bonchev–Trinajstić information content (AvgIpc) is 3.27. The number of halogens is 2. The number of nitrogens with one attached hydrogen (secondary N) is 2. The fourth-order valence-electron chi connectivity index (χ4n) is 3.43. The van der Waals surface area contributed by atoms with E-state index < -0.39 is 6.61 Å². The second-order valence-corrected chi connectivity index (χ2v) is 7.25. The summed E-state index contributed by atoms with van der Waals surface area (Å²) in [6, 6.07) is 9.19. The number of hydrogen-bond donors (Lipinski definition) is 2. The Balaban J connectivity index is 1.67. The molecule has 162 valence electrons. The van der Waals surface area contributed by atoms with Crippen LogP contribution in [0.25, 0.3) is 0 Å². The lowest BCUT2D eigenvalue weighted by Crippen LogP contribution is -2.37. The quantitative estimate of drug-likeness (QED) is 0.505. The number of aryl methyl sites for hydroxylation is 1. The fraction of sp³-hybridized carbons (Fsp3) is 0.455. The Morgan fingerprint density at radius 2 is 2.00 bits per heavy atom. The van der Waals surface area contributed by atoms with Crippen LogP contribution in [0.5, 0.6) is 5.75 Å². The van der Waals surface area contributed by atoms with Gasteiger partial charge >= 0.3 is 6.61 Å². The maximum absolute atomic E-state index is 12.7. The predicted octanol–water partition coefficient (Wildman–Crippen LogP) is 3.85. The van der Waals surface area contributed by atoms with Crippen LogP contribution >= 0.6 is 0 Å². The molecule has 1 aromatic carbocycles. The monoisotopic (exact) mass is 417 g/mol. The van der Waals surface area contributed by atoms with E-state index in [-0.39, 0.29) is 5.75 Å². The maximum Gasteiger partial charge on any atom is 0.387 e. The SMILES string of the molecule is CCNC(=NCc1ccnc(N2CCCC2)c1)NCc1cc(C)ccc1OC(F)F. The van der Waals surface area contributed by atoms with Gasteiger partial charge in [0.2, 0.25) is 0 Å². The van der Waals surface area contributed by atoms with Crippen LogP contribution in [-0.2, 0) is 13.1 Å². The summed E-state index contributed by atoms with van der Waals surface area (Å²) >= 11 is 0. The lowest BCUT2D eigenvalue weighted by Gasteiger charge is -2.17. The second-order valence-electron chi connectivity index (χ2n) is 7.25. The van der Waals surface area contributed by atoms with Gasteiger partial charge in [-0.3, -0.25) is 0 Å². The highest BCUT2D eigenvalue weighted by molar-refractivity contribution is 5.79. The van der Waals surface area contributed by atoms with Gasteiger partial charge in [-0.05, 0) is 50.5 Å². The third-order valence-electron chi connectivity index (χ3n) is 4.88. The molecule has 0 atom stereocenters. The summed E-state index contributed by atoms with van der Waals surface area (Å²) in [7, 11) is 0. The number of alkyl halides is 2. The number of benzene rings is 1. The maximum atomic E-state index is 12.7. The van der Waals surface area contributed by atoms with Gasteiger partial charge in [0.05, 0.1) is 6.54 Å². The van der Waals surface area contributed by atoms with Crippen molar-refractivity contribution in [3.8, 4) is 5.75 Å². The minimum absolute atomic E-state index is 0.170. The van der Waals surface area contributed by atoms with Crippen molar-refractivity contribution in [2.45, 2.75) is 46.4 Å². The van der Waals surface area contributed by atoms with Crippen LogP contribution in [0.2, 0.25) is 0 Å². The second kappa shape index (κ2) is 10.8. The first-order chi connectivity index (χ1) is 14.5. The minimum atomic E-state index is -2.86. The van der Waals surface area contributed by atoms with Crippen molar-refractivity contribution < 1.29 is 13.5 Å². The Hall–Kier alpha value is -2.90. The number of aromatic nitrogens is 1. The van der Waals surface area contributed by atoms with Crippen LogP contribution in [0.15, 0.2) is 41.5 Å². The number of nitrogens with zero attached hydrogens (tertiary/aromatic N) is 3. The Morgan fingerprint density at radius 1 is 1.20 bits per heavy atom. The fourth-order valence-corrected chi connectivity index (χ4v) is 3.43. The molecule has 1 aliphatic rings. The van der Waals surface area contributed by atoms with Gasteiger partial charge in [0.1, 0.15) is 11.6 Å². The van der Waals surface area contributed by atoms with E-state index >= 15 is 0 Å². The minimum Gasteiger partial charge on any atom is -0.434 e. The molecular weight excluding hydrogens is 388 g/mol. The van der Waals surface area contributed by atoms with Crippen LogP contribution in [0.4, 0.5) is 14.6 Å².